The maximum Gasteiger partial charge on any atom is 0.221 e. The SMILES string of the molecule is CC(=O)NC1=C(S(=O)(=O)c2ccccc2)CCC(C(C)=O)C1. The number of carbonyl (C=O) groups is 2. The number of benzene rings is 1. The number of Topliss-reactive ketones (excluding diaryl/α,β-unsaturated/α-hetero) is 1. The fraction of sp³-hybridized carbons (Fsp3) is 0.375. The molecule has 2 rings (SSSR count). The highest BCUT2D eigenvalue weighted by molar-refractivity contribution is 7.95. The number of sulfone groups is 1. The summed E-state index contributed by atoms with van der Waals surface area (Å²) >= 11 is 0. The van der Waals surface area contributed by atoms with Crippen molar-refractivity contribution in [3.63, 3.8) is 0 Å². The van der Waals surface area contributed by atoms with Crippen LogP contribution in [0.2, 0.25) is 0 Å². The molecule has 0 radical (unpaired) electrons. The minimum Gasteiger partial charge on any atom is -0.329 e. The van der Waals surface area contributed by atoms with Crippen LogP contribution in [-0.4, -0.2) is 20.1 Å². The fourth-order valence-electron chi connectivity index (χ4n) is 2.64. The quantitative estimate of drug-likeness (QED) is 0.922. The number of hydrogen-bond donors (Lipinski definition) is 1. The van der Waals surface area contributed by atoms with E-state index in [4.69, 9.17) is 0 Å². The van der Waals surface area contributed by atoms with Gasteiger partial charge in [0.1, 0.15) is 5.78 Å². The molecule has 0 aromatic heterocycles. The maximum absolute atomic E-state index is 12.8. The Hall–Kier alpha value is -1.95. The van der Waals surface area contributed by atoms with Gasteiger partial charge in [-0.15, -0.1) is 0 Å². The average Bonchev–Trinajstić information content (AvgIpc) is 2.47. The van der Waals surface area contributed by atoms with Crippen LogP contribution in [0.15, 0.2) is 45.8 Å². The molecule has 6 heteroatoms. The first-order valence-electron chi connectivity index (χ1n) is 7.12. The van der Waals surface area contributed by atoms with Crippen molar-refractivity contribution in [3.8, 4) is 0 Å². The van der Waals surface area contributed by atoms with E-state index in [0.29, 0.717) is 12.1 Å². The van der Waals surface area contributed by atoms with E-state index in [1.54, 1.807) is 18.2 Å². The van der Waals surface area contributed by atoms with E-state index in [1.165, 1.54) is 26.0 Å². The second-order valence-corrected chi connectivity index (χ2v) is 7.42. The molecular weight excluding hydrogens is 302 g/mol. The zero-order valence-corrected chi connectivity index (χ0v) is 13.4. The summed E-state index contributed by atoms with van der Waals surface area (Å²) in [4.78, 5) is 23.4. The first-order valence-corrected chi connectivity index (χ1v) is 8.61. The van der Waals surface area contributed by atoms with Gasteiger partial charge in [0.15, 0.2) is 0 Å². The Morgan fingerprint density at radius 3 is 2.32 bits per heavy atom. The molecule has 1 aliphatic rings. The molecule has 22 heavy (non-hydrogen) atoms. The Bertz CT molecular complexity index is 720. The van der Waals surface area contributed by atoms with Crippen molar-refractivity contribution in [1.82, 2.24) is 5.32 Å². The molecule has 0 saturated carbocycles. The Morgan fingerprint density at radius 2 is 1.77 bits per heavy atom. The molecule has 0 bridgehead atoms. The first-order chi connectivity index (χ1) is 10.3. The number of ketones is 1. The second kappa shape index (κ2) is 6.44. The zero-order valence-electron chi connectivity index (χ0n) is 12.6. The van der Waals surface area contributed by atoms with E-state index < -0.39 is 9.84 Å². The molecule has 1 aromatic rings. The zero-order chi connectivity index (χ0) is 16.3. The van der Waals surface area contributed by atoms with Gasteiger partial charge < -0.3 is 5.32 Å². The molecule has 1 N–H and O–H groups in total. The van der Waals surface area contributed by atoms with Gasteiger partial charge in [0, 0.05) is 18.5 Å². The van der Waals surface area contributed by atoms with Crippen LogP contribution in [0.4, 0.5) is 0 Å². The van der Waals surface area contributed by atoms with Crippen molar-refractivity contribution in [2.75, 3.05) is 0 Å². The monoisotopic (exact) mass is 321 g/mol. The molecule has 1 amide bonds. The molecule has 0 fully saturated rings. The minimum atomic E-state index is -3.65. The van der Waals surface area contributed by atoms with E-state index in [0.717, 1.165) is 0 Å². The van der Waals surface area contributed by atoms with Crippen LogP contribution in [0.3, 0.4) is 0 Å². The maximum atomic E-state index is 12.8. The van der Waals surface area contributed by atoms with Crippen molar-refractivity contribution in [1.29, 1.82) is 0 Å². The van der Waals surface area contributed by atoms with Gasteiger partial charge in [0.2, 0.25) is 15.7 Å². The van der Waals surface area contributed by atoms with Crippen molar-refractivity contribution >= 4 is 21.5 Å². The lowest BCUT2D eigenvalue weighted by Crippen LogP contribution is -2.30. The average molecular weight is 321 g/mol. The van der Waals surface area contributed by atoms with E-state index in [1.807, 2.05) is 0 Å². The lowest BCUT2D eigenvalue weighted by molar-refractivity contribution is -0.122. The van der Waals surface area contributed by atoms with E-state index >= 15 is 0 Å². The molecule has 5 nitrogen and oxygen atoms in total. The summed E-state index contributed by atoms with van der Waals surface area (Å²) in [6.07, 6.45) is 1.01. The highest BCUT2D eigenvalue weighted by Gasteiger charge is 2.32. The van der Waals surface area contributed by atoms with Crippen molar-refractivity contribution in [2.24, 2.45) is 5.92 Å². The summed E-state index contributed by atoms with van der Waals surface area (Å²) < 4.78 is 25.5. The third-order valence-corrected chi connectivity index (χ3v) is 5.78. The van der Waals surface area contributed by atoms with Crippen LogP contribution in [0.1, 0.15) is 33.1 Å². The molecule has 0 aliphatic heterocycles. The molecule has 1 atom stereocenters. The molecule has 1 unspecified atom stereocenters. The van der Waals surface area contributed by atoms with Crippen LogP contribution in [0.25, 0.3) is 0 Å². The minimum absolute atomic E-state index is 0.0130. The van der Waals surface area contributed by atoms with Crippen LogP contribution in [0, 0.1) is 5.92 Å². The van der Waals surface area contributed by atoms with Crippen LogP contribution in [-0.2, 0) is 19.4 Å². The normalized spacial score (nSPS) is 18.9. The standard InChI is InChI=1S/C16H19NO4S/c1-11(18)13-8-9-16(15(10-13)17-12(2)19)22(20,21)14-6-4-3-5-7-14/h3-7,13H,8-10H2,1-2H3,(H,17,19). The van der Waals surface area contributed by atoms with Crippen molar-refractivity contribution in [2.45, 2.75) is 38.0 Å². The molecule has 1 aliphatic carbocycles. The van der Waals surface area contributed by atoms with E-state index in [2.05, 4.69) is 5.32 Å². The van der Waals surface area contributed by atoms with Crippen LogP contribution < -0.4 is 5.32 Å². The van der Waals surface area contributed by atoms with Crippen LogP contribution in [0.5, 0.6) is 0 Å². The highest BCUT2D eigenvalue weighted by atomic mass is 32.2. The smallest absolute Gasteiger partial charge is 0.221 e. The van der Waals surface area contributed by atoms with E-state index in [9.17, 15) is 18.0 Å². The first kappa shape index (κ1) is 16.4. The lowest BCUT2D eigenvalue weighted by atomic mass is 9.89. The molecule has 0 saturated heterocycles. The highest BCUT2D eigenvalue weighted by Crippen LogP contribution is 2.34. The van der Waals surface area contributed by atoms with Crippen molar-refractivity contribution in [3.05, 3.63) is 40.9 Å². The third-order valence-electron chi connectivity index (χ3n) is 3.79. The van der Waals surface area contributed by atoms with Gasteiger partial charge in [-0.1, -0.05) is 18.2 Å². The van der Waals surface area contributed by atoms with E-state index in [-0.39, 0.29) is 40.3 Å². The Labute approximate surface area is 130 Å². The number of amides is 1. The van der Waals surface area contributed by atoms with Crippen LogP contribution >= 0.6 is 0 Å². The molecular formula is C16H19NO4S. The summed E-state index contributed by atoms with van der Waals surface area (Å²) in [6, 6.07) is 8.13. The number of allylic oxidation sites excluding steroid dienone is 2. The molecule has 1 aromatic carbocycles. The number of rotatable bonds is 4. The Kier molecular flexibility index (Phi) is 4.81. The molecule has 0 heterocycles. The van der Waals surface area contributed by atoms with Gasteiger partial charge in [-0.25, -0.2) is 8.42 Å². The van der Waals surface area contributed by atoms with Crippen molar-refractivity contribution < 1.29 is 18.0 Å². The molecule has 118 valence electrons. The van der Waals surface area contributed by atoms with Gasteiger partial charge in [0.05, 0.1) is 9.80 Å². The summed E-state index contributed by atoms with van der Waals surface area (Å²) in [5.41, 5.74) is 0.350. The predicted molar refractivity (Wildman–Crippen MR) is 82.5 cm³/mol. The summed E-state index contributed by atoms with van der Waals surface area (Å²) in [5, 5.41) is 2.60. The Balaban J connectivity index is 2.48. The fourth-order valence-corrected chi connectivity index (χ4v) is 4.28. The van der Waals surface area contributed by atoms with Gasteiger partial charge in [-0.3, -0.25) is 9.59 Å². The second-order valence-electron chi connectivity index (χ2n) is 5.45. The Morgan fingerprint density at radius 1 is 1.14 bits per heavy atom. The third kappa shape index (κ3) is 3.44. The predicted octanol–water partition coefficient (Wildman–Crippen LogP) is 2.20. The topological polar surface area (TPSA) is 80.3 Å². The summed E-state index contributed by atoms with van der Waals surface area (Å²) in [6.45, 7) is 2.82. The van der Waals surface area contributed by atoms with Gasteiger partial charge in [-0.2, -0.15) is 0 Å². The van der Waals surface area contributed by atoms with Gasteiger partial charge >= 0.3 is 0 Å². The van der Waals surface area contributed by atoms with Gasteiger partial charge in [-0.05, 0) is 38.3 Å². The lowest BCUT2D eigenvalue weighted by Gasteiger charge is -2.25. The number of hydrogen-bond acceptors (Lipinski definition) is 4. The number of carbonyl (C=O) groups excluding carboxylic acids is 2. The largest absolute Gasteiger partial charge is 0.329 e. The summed E-state index contributed by atoms with van der Waals surface area (Å²) in [5.74, 6) is -0.560. The molecule has 0 spiro atoms. The number of nitrogens with one attached hydrogen (secondary N) is 1. The summed E-state index contributed by atoms with van der Waals surface area (Å²) in [7, 11) is -3.65. The van der Waals surface area contributed by atoms with Gasteiger partial charge in [0.25, 0.3) is 0 Å².